The highest BCUT2D eigenvalue weighted by molar-refractivity contribution is 6.03. The third-order valence-corrected chi connectivity index (χ3v) is 2.67. The predicted molar refractivity (Wildman–Crippen MR) is 66.2 cm³/mol. The van der Waals surface area contributed by atoms with Crippen LogP contribution in [0.2, 0.25) is 0 Å². The minimum atomic E-state index is -0.320. The van der Waals surface area contributed by atoms with E-state index in [2.05, 4.69) is 6.92 Å². The second-order valence-corrected chi connectivity index (χ2v) is 3.95. The number of carbonyl (C=O) groups is 1. The predicted octanol–water partition coefficient (Wildman–Crippen LogP) is 3.56. The average Bonchev–Trinajstić information content (AvgIpc) is 2.73. The Labute approximate surface area is 100 Å². The van der Waals surface area contributed by atoms with Crippen molar-refractivity contribution in [3.05, 3.63) is 35.6 Å². The zero-order valence-electron chi connectivity index (χ0n) is 10.2. The summed E-state index contributed by atoms with van der Waals surface area (Å²) in [7, 11) is 0. The molecule has 90 valence electrons. The smallest absolute Gasteiger partial charge is 0.342 e. The zero-order valence-corrected chi connectivity index (χ0v) is 10.2. The van der Waals surface area contributed by atoms with Gasteiger partial charge in [0.2, 0.25) is 0 Å². The van der Waals surface area contributed by atoms with Crippen LogP contribution in [0.3, 0.4) is 0 Å². The molecule has 0 aliphatic carbocycles. The number of aryl methyl sites for hydroxylation is 1. The van der Waals surface area contributed by atoms with Gasteiger partial charge in [-0.1, -0.05) is 19.4 Å². The molecule has 0 saturated carbocycles. The minimum absolute atomic E-state index is 0.320. The van der Waals surface area contributed by atoms with E-state index in [1.54, 1.807) is 6.92 Å². The van der Waals surface area contributed by atoms with Gasteiger partial charge in [-0.3, -0.25) is 0 Å². The van der Waals surface area contributed by atoms with Crippen LogP contribution in [0.1, 0.15) is 36.2 Å². The van der Waals surface area contributed by atoms with Crippen LogP contribution < -0.4 is 0 Å². The van der Waals surface area contributed by atoms with E-state index >= 15 is 0 Å². The van der Waals surface area contributed by atoms with Crippen molar-refractivity contribution >= 4 is 16.9 Å². The van der Waals surface area contributed by atoms with Gasteiger partial charge in [-0.25, -0.2) is 4.79 Å². The van der Waals surface area contributed by atoms with E-state index in [0.717, 1.165) is 23.8 Å². The molecule has 0 bridgehead atoms. The topological polar surface area (TPSA) is 39.4 Å². The number of furan rings is 1. The highest BCUT2D eigenvalue weighted by Gasteiger charge is 2.14. The van der Waals surface area contributed by atoms with Crippen LogP contribution in [0.15, 0.2) is 28.9 Å². The lowest BCUT2D eigenvalue weighted by Gasteiger charge is -2.01. The molecule has 2 rings (SSSR count). The van der Waals surface area contributed by atoms with Gasteiger partial charge in [-0.05, 0) is 31.0 Å². The van der Waals surface area contributed by atoms with E-state index in [-0.39, 0.29) is 5.97 Å². The van der Waals surface area contributed by atoms with E-state index in [4.69, 9.17) is 9.15 Å². The first-order valence-electron chi connectivity index (χ1n) is 5.93. The molecule has 0 radical (unpaired) electrons. The van der Waals surface area contributed by atoms with E-state index in [9.17, 15) is 4.79 Å². The van der Waals surface area contributed by atoms with E-state index < -0.39 is 0 Å². The summed E-state index contributed by atoms with van der Waals surface area (Å²) >= 11 is 0. The summed E-state index contributed by atoms with van der Waals surface area (Å²) in [5.41, 5.74) is 2.46. The van der Waals surface area contributed by atoms with Crippen molar-refractivity contribution in [2.45, 2.75) is 26.7 Å². The van der Waals surface area contributed by atoms with Crippen molar-refractivity contribution < 1.29 is 13.9 Å². The largest absolute Gasteiger partial charge is 0.463 e. The third-order valence-electron chi connectivity index (χ3n) is 2.67. The van der Waals surface area contributed by atoms with Crippen LogP contribution in [0.5, 0.6) is 0 Å². The van der Waals surface area contributed by atoms with Gasteiger partial charge in [0.05, 0.1) is 6.61 Å². The molecule has 2 aromatic rings. The first-order chi connectivity index (χ1) is 8.26. The molecule has 0 saturated heterocycles. The van der Waals surface area contributed by atoms with Gasteiger partial charge in [-0.15, -0.1) is 0 Å². The summed E-state index contributed by atoms with van der Waals surface area (Å²) in [4.78, 5) is 11.7. The Bertz CT molecular complexity index is 525. The van der Waals surface area contributed by atoms with Crippen molar-refractivity contribution in [3.8, 4) is 0 Å². The van der Waals surface area contributed by atoms with Crippen LogP contribution in [-0.2, 0) is 11.2 Å². The number of carbonyl (C=O) groups excluding carboxylic acids is 1. The standard InChI is InChI=1S/C14H16O3/c1-3-5-10-6-7-13-11(8-10)12(9-17-13)14(15)16-4-2/h6-9H,3-5H2,1-2H3. The van der Waals surface area contributed by atoms with Crippen molar-refractivity contribution in [1.82, 2.24) is 0 Å². The molecule has 3 nitrogen and oxygen atoms in total. The summed E-state index contributed by atoms with van der Waals surface area (Å²) in [6.45, 7) is 4.30. The maximum absolute atomic E-state index is 11.7. The molecule has 1 aromatic carbocycles. The number of fused-ring (bicyclic) bond motifs is 1. The molecule has 3 heteroatoms. The number of esters is 1. The average molecular weight is 232 g/mol. The molecule has 0 N–H and O–H groups in total. The van der Waals surface area contributed by atoms with Gasteiger partial charge in [0, 0.05) is 5.39 Å². The lowest BCUT2D eigenvalue weighted by atomic mass is 10.1. The number of rotatable bonds is 4. The summed E-state index contributed by atoms with van der Waals surface area (Å²) in [6, 6.07) is 5.95. The summed E-state index contributed by atoms with van der Waals surface area (Å²) in [5.74, 6) is -0.320. The fraction of sp³-hybridized carbons (Fsp3) is 0.357. The highest BCUT2D eigenvalue weighted by atomic mass is 16.5. The maximum atomic E-state index is 11.7. The van der Waals surface area contributed by atoms with Gasteiger partial charge in [0.1, 0.15) is 17.4 Å². The first kappa shape index (κ1) is 11.7. The van der Waals surface area contributed by atoms with Crippen molar-refractivity contribution in [3.63, 3.8) is 0 Å². The lowest BCUT2D eigenvalue weighted by Crippen LogP contribution is -2.03. The molecular weight excluding hydrogens is 216 g/mol. The molecule has 0 amide bonds. The lowest BCUT2D eigenvalue weighted by molar-refractivity contribution is 0.0527. The van der Waals surface area contributed by atoms with Crippen molar-refractivity contribution in [2.75, 3.05) is 6.61 Å². The second-order valence-electron chi connectivity index (χ2n) is 3.95. The zero-order chi connectivity index (χ0) is 12.3. The van der Waals surface area contributed by atoms with Crippen molar-refractivity contribution in [1.29, 1.82) is 0 Å². The Kier molecular flexibility index (Phi) is 3.47. The number of benzene rings is 1. The van der Waals surface area contributed by atoms with Gasteiger partial charge in [-0.2, -0.15) is 0 Å². The Morgan fingerprint density at radius 2 is 2.18 bits per heavy atom. The van der Waals surface area contributed by atoms with E-state index in [1.165, 1.54) is 11.8 Å². The van der Waals surface area contributed by atoms with Gasteiger partial charge in [0.15, 0.2) is 0 Å². The quantitative estimate of drug-likeness (QED) is 0.756. The molecule has 0 atom stereocenters. The van der Waals surface area contributed by atoms with Crippen LogP contribution in [0.4, 0.5) is 0 Å². The molecule has 1 heterocycles. The minimum Gasteiger partial charge on any atom is -0.463 e. The van der Waals surface area contributed by atoms with Crippen LogP contribution >= 0.6 is 0 Å². The Morgan fingerprint density at radius 3 is 2.88 bits per heavy atom. The number of hydrogen-bond donors (Lipinski definition) is 0. The Balaban J connectivity index is 2.42. The normalized spacial score (nSPS) is 10.7. The van der Waals surface area contributed by atoms with E-state index in [0.29, 0.717) is 12.2 Å². The molecule has 17 heavy (non-hydrogen) atoms. The van der Waals surface area contributed by atoms with Gasteiger partial charge >= 0.3 is 5.97 Å². The first-order valence-corrected chi connectivity index (χ1v) is 5.93. The monoisotopic (exact) mass is 232 g/mol. The summed E-state index contributed by atoms with van der Waals surface area (Å²) < 4.78 is 10.3. The highest BCUT2D eigenvalue weighted by Crippen LogP contribution is 2.23. The fourth-order valence-corrected chi connectivity index (χ4v) is 1.89. The number of hydrogen-bond acceptors (Lipinski definition) is 3. The molecule has 1 aromatic heterocycles. The maximum Gasteiger partial charge on any atom is 0.342 e. The third kappa shape index (κ3) is 2.33. The molecule has 0 unspecified atom stereocenters. The fourth-order valence-electron chi connectivity index (χ4n) is 1.89. The Morgan fingerprint density at radius 1 is 1.35 bits per heavy atom. The van der Waals surface area contributed by atoms with Crippen LogP contribution in [0.25, 0.3) is 11.0 Å². The molecule has 0 aliphatic rings. The summed E-state index contributed by atoms with van der Waals surface area (Å²) in [6.07, 6.45) is 3.56. The molecule has 0 fully saturated rings. The summed E-state index contributed by atoms with van der Waals surface area (Å²) in [5, 5.41) is 0.842. The molecular formula is C14H16O3. The van der Waals surface area contributed by atoms with Gasteiger partial charge in [0.25, 0.3) is 0 Å². The molecule has 0 spiro atoms. The SMILES string of the molecule is CCCc1ccc2occ(C(=O)OCC)c2c1. The number of ether oxygens (including phenoxy) is 1. The second kappa shape index (κ2) is 5.04. The van der Waals surface area contributed by atoms with Crippen molar-refractivity contribution in [2.24, 2.45) is 0 Å². The van der Waals surface area contributed by atoms with E-state index in [1.807, 2.05) is 18.2 Å². The van der Waals surface area contributed by atoms with Crippen LogP contribution in [0, 0.1) is 0 Å². The van der Waals surface area contributed by atoms with Crippen LogP contribution in [-0.4, -0.2) is 12.6 Å². The van der Waals surface area contributed by atoms with Gasteiger partial charge < -0.3 is 9.15 Å². The molecule has 0 aliphatic heterocycles. The Hall–Kier alpha value is -1.77.